The van der Waals surface area contributed by atoms with Crippen molar-refractivity contribution in [3.63, 3.8) is 0 Å². The maximum atomic E-state index is 13.5. The molecule has 1 unspecified atom stereocenters. The topological polar surface area (TPSA) is 122 Å². The molecule has 49 heavy (non-hydrogen) atoms. The third-order valence-electron chi connectivity index (χ3n) is 9.49. The fraction of sp³-hybridized carbons (Fsp3) is 0.474. The zero-order valence-corrected chi connectivity index (χ0v) is 29.2. The monoisotopic (exact) mass is 671 g/mol. The lowest BCUT2D eigenvalue weighted by Crippen LogP contribution is -2.49. The van der Waals surface area contributed by atoms with E-state index >= 15 is 0 Å². The van der Waals surface area contributed by atoms with Gasteiger partial charge in [-0.25, -0.2) is 0 Å². The molecule has 262 valence electrons. The minimum Gasteiger partial charge on any atom is -0.493 e. The fourth-order valence-corrected chi connectivity index (χ4v) is 6.87. The molecule has 3 aromatic rings. The highest BCUT2D eigenvalue weighted by atomic mass is 16.5. The van der Waals surface area contributed by atoms with Crippen molar-refractivity contribution in [2.75, 3.05) is 65.9 Å². The van der Waals surface area contributed by atoms with Crippen molar-refractivity contribution in [2.45, 2.75) is 57.9 Å². The maximum Gasteiger partial charge on any atom is 0.222 e. The zero-order valence-electron chi connectivity index (χ0n) is 29.2. The van der Waals surface area contributed by atoms with Crippen LogP contribution in [0.25, 0.3) is 11.1 Å². The van der Waals surface area contributed by atoms with Crippen LogP contribution in [0.3, 0.4) is 0 Å². The Balaban J connectivity index is 1.17. The molecule has 1 aliphatic carbocycles. The average molecular weight is 672 g/mol. The first-order valence-electron chi connectivity index (χ1n) is 17.2. The summed E-state index contributed by atoms with van der Waals surface area (Å²) in [5, 5.41) is 6.36. The van der Waals surface area contributed by atoms with Gasteiger partial charge in [-0.3, -0.25) is 24.3 Å². The van der Waals surface area contributed by atoms with E-state index in [9.17, 15) is 14.4 Å². The molecule has 0 radical (unpaired) electrons. The number of amides is 2. The Morgan fingerprint density at radius 2 is 1.67 bits per heavy atom. The van der Waals surface area contributed by atoms with Crippen molar-refractivity contribution >= 4 is 17.5 Å². The summed E-state index contributed by atoms with van der Waals surface area (Å²) in [6, 6.07) is 11.0. The second-order valence-electron chi connectivity index (χ2n) is 12.7. The van der Waals surface area contributed by atoms with E-state index in [0.29, 0.717) is 48.7 Å². The summed E-state index contributed by atoms with van der Waals surface area (Å²) in [6.07, 6.45) is 8.95. The number of aromatic nitrogens is 1. The summed E-state index contributed by atoms with van der Waals surface area (Å²) >= 11 is 0. The Kier molecular flexibility index (Phi) is 12.5. The molecule has 0 saturated carbocycles. The van der Waals surface area contributed by atoms with Gasteiger partial charge in [0, 0.05) is 70.6 Å². The molecule has 1 atom stereocenters. The molecule has 2 heterocycles. The second kappa shape index (κ2) is 17.1. The molecule has 11 nitrogen and oxygen atoms in total. The quantitative estimate of drug-likeness (QED) is 0.237. The zero-order chi connectivity index (χ0) is 34.8. The molecule has 2 N–H and O–H groups in total. The van der Waals surface area contributed by atoms with Gasteiger partial charge in [-0.15, -0.1) is 0 Å². The predicted octanol–water partition coefficient (Wildman–Crippen LogP) is 4.62. The highest BCUT2D eigenvalue weighted by molar-refractivity contribution is 5.83. The van der Waals surface area contributed by atoms with Crippen LogP contribution in [0, 0.1) is 0 Å². The van der Waals surface area contributed by atoms with Gasteiger partial charge < -0.3 is 29.7 Å². The summed E-state index contributed by atoms with van der Waals surface area (Å²) in [5.74, 6) is 1.60. The van der Waals surface area contributed by atoms with E-state index in [1.54, 1.807) is 33.5 Å². The van der Waals surface area contributed by atoms with Gasteiger partial charge in [0.1, 0.15) is 0 Å². The molecule has 1 saturated heterocycles. The van der Waals surface area contributed by atoms with E-state index in [-0.39, 0.29) is 23.3 Å². The van der Waals surface area contributed by atoms with Crippen molar-refractivity contribution in [3.8, 4) is 28.4 Å². The number of unbranched alkanes of at least 4 members (excludes halogenated alkanes) is 2. The van der Waals surface area contributed by atoms with Gasteiger partial charge in [0.25, 0.3) is 0 Å². The van der Waals surface area contributed by atoms with Gasteiger partial charge in [0.15, 0.2) is 11.5 Å². The molecule has 11 heteroatoms. The Bertz CT molecular complexity index is 1660. The number of rotatable bonds is 14. The first kappa shape index (κ1) is 35.7. The summed E-state index contributed by atoms with van der Waals surface area (Å²) in [7, 11) is 4.74. The second-order valence-corrected chi connectivity index (χ2v) is 12.7. The van der Waals surface area contributed by atoms with E-state index in [1.807, 2.05) is 29.4 Å². The summed E-state index contributed by atoms with van der Waals surface area (Å²) in [4.78, 5) is 47.1. The number of nitrogens with one attached hydrogen (secondary N) is 2. The Labute approximate surface area is 289 Å². The van der Waals surface area contributed by atoms with Gasteiger partial charge in [-0.2, -0.15) is 0 Å². The van der Waals surface area contributed by atoms with Crippen LogP contribution in [0.4, 0.5) is 5.69 Å². The van der Waals surface area contributed by atoms with Gasteiger partial charge in [-0.1, -0.05) is 12.5 Å². The van der Waals surface area contributed by atoms with Crippen LogP contribution in [0.1, 0.15) is 61.8 Å². The van der Waals surface area contributed by atoms with Crippen LogP contribution in [0.15, 0.2) is 53.6 Å². The van der Waals surface area contributed by atoms with Crippen LogP contribution in [-0.4, -0.2) is 87.2 Å². The molecule has 2 amide bonds. The van der Waals surface area contributed by atoms with E-state index in [2.05, 4.69) is 32.7 Å². The summed E-state index contributed by atoms with van der Waals surface area (Å²) in [6.45, 7) is 6.44. The molecule has 0 bridgehead atoms. The number of benzene rings is 1. The molecule has 2 aromatic carbocycles. The number of aryl methyl sites for hydroxylation is 1. The number of methoxy groups -OCH3 is 3. The Hall–Kier alpha value is -4.64. The lowest BCUT2D eigenvalue weighted by molar-refractivity contribution is -0.133. The highest BCUT2D eigenvalue weighted by Crippen LogP contribution is 2.50. The van der Waals surface area contributed by atoms with Gasteiger partial charge in [0.05, 0.1) is 33.1 Å². The maximum absolute atomic E-state index is 13.5. The molecule has 0 spiro atoms. The van der Waals surface area contributed by atoms with Crippen molar-refractivity contribution in [1.29, 1.82) is 0 Å². The number of carbonyl (C=O) groups excluding carboxylic acids is 2. The SMILES string of the molecule is COc1cc2c(c(OC)c1OC)-c1ccc(NCCCCCC(=O)N3CCN(CCc4ccncc4)CC3)c(=O)cc1C(NC(C)=O)CC2. The molecule has 1 aliphatic heterocycles. The Morgan fingerprint density at radius 3 is 2.37 bits per heavy atom. The molecular formula is C38H49N5O6. The van der Waals surface area contributed by atoms with Crippen LogP contribution in [0.5, 0.6) is 17.2 Å². The van der Waals surface area contributed by atoms with E-state index in [0.717, 1.165) is 80.7 Å². The number of ether oxygens (including phenoxy) is 3. The summed E-state index contributed by atoms with van der Waals surface area (Å²) in [5.41, 5.74) is 4.93. The minimum absolute atomic E-state index is 0.158. The van der Waals surface area contributed by atoms with E-state index < -0.39 is 0 Å². The summed E-state index contributed by atoms with van der Waals surface area (Å²) < 4.78 is 17.2. The van der Waals surface area contributed by atoms with Crippen molar-refractivity contribution < 1.29 is 23.8 Å². The molecule has 1 fully saturated rings. The molecule has 5 rings (SSSR count). The standard InChI is InChI=1S/C38H49N5O6/c1-26(44)41-31-11-9-28-24-34(47-2)37(48-3)38(49-4)36(28)29-10-12-32(33(45)25-30(29)31)40-16-7-5-6-8-35(46)43-22-20-42(21-23-43)19-15-27-13-17-39-18-14-27/h10,12-14,17-18,24-25,31H,5-9,11,15-16,19-23H2,1-4H3,(H,40,45)(H,41,44). The number of anilines is 1. The Morgan fingerprint density at radius 1 is 0.918 bits per heavy atom. The highest BCUT2D eigenvalue weighted by Gasteiger charge is 2.29. The number of nitrogens with zero attached hydrogens (tertiary/aromatic N) is 3. The number of fused-ring (bicyclic) bond motifs is 3. The number of piperazine rings is 1. The van der Waals surface area contributed by atoms with Crippen molar-refractivity contribution in [3.05, 3.63) is 75.7 Å². The van der Waals surface area contributed by atoms with E-state index in [1.165, 1.54) is 12.5 Å². The first-order chi connectivity index (χ1) is 23.8. The van der Waals surface area contributed by atoms with Crippen LogP contribution >= 0.6 is 0 Å². The third kappa shape index (κ3) is 8.89. The van der Waals surface area contributed by atoms with Crippen LogP contribution in [0.2, 0.25) is 0 Å². The van der Waals surface area contributed by atoms with E-state index in [4.69, 9.17) is 14.2 Å². The number of pyridine rings is 1. The number of hydrogen-bond donors (Lipinski definition) is 2. The minimum atomic E-state index is -0.359. The average Bonchev–Trinajstić information content (AvgIpc) is 3.36. The largest absolute Gasteiger partial charge is 0.493 e. The van der Waals surface area contributed by atoms with Gasteiger partial charge in [-0.05, 0) is 84.7 Å². The normalized spacial score (nSPS) is 15.8. The lowest BCUT2D eigenvalue weighted by Gasteiger charge is -2.34. The van der Waals surface area contributed by atoms with Crippen LogP contribution in [-0.2, 0) is 22.4 Å². The smallest absolute Gasteiger partial charge is 0.222 e. The molecule has 2 aliphatic rings. The van der Waals surface area contributed by atoms with Crippen LogP contribution < -0.4 is 30.3 Å². The van der Waals surface area contributed by atoms with Crippen molar-refractivity contribution in [2.24, 2.45) is 0 Å². The van der Waals surface area contributed by atoms with Crippen molar-refractivity contribution in [1.82, 2.24) is 20.1 Å². The lowest BCUT2D eigenvalue weighted by atomic mass is 9.95. The first-order valence-corrected chi connectivity index (χ1v) is 17.2. The fourth-order valence-electron chi connectivity index (χ4n) is 6.87. The molecular weight excluding hydrogens is 622 g/mol. The number of carbonyl (C=O) groups is 2. The third-order valence-corrected chi connectivity index (χ3v) is 9.49. The number of hydrogen-bond acceptors (Lipinski definition) is 9. The molecule has 1 aromatic heterocycles. The van der Waals surface area contributed by atoms with Gasteiger partial charge in [0.2, 0.25) is 23.0 Å². The van der Waals surface area contributed by atoms with Gasteiger partial charge >= 0.3 is 0 Å². The predicted molar refractivity (Wildman–Crippen MR) is 191 cm³/mol.